The van der Waals surface area contributed by atoms with E-state index in [2.05, 4.69) is 11.7 Å². The lowest BCUT2D eigenvalue weighted by Gasteiger charge is -2.05. The molecule has 88 valence electrons. The highest BCUT2D eigenvalue weighted by atomic mass is 35.5. The van der Waals surface area contributed by atoms with Gasteiger partial charge in [-0.25, -0.2) is 4.79 Å². The number of aryl methyl sites for hydroxylation is 1. The second kappa shape index (κ2) is 3.82. The zero-order valence-corrected chi connectivity index (χ0v) is 8.72. The molecule has 0 amide bonds. The average molecular weight is 255 g/mol. The summed E-state index contributed by atoms with van der Waals surface area (Å²) >= 11 is 5.54. The second-order valence-corrected chi connectivity index (χ2v) is 3.28. The van der Waals surface area contributed by atoms with E-state index in [1.807, 2.05) is 0 Å². The summed E-state index contributed by atoms with van der Waals surface area (Å²) in [4.78, 5) is 10.6. The van der Waals surface area contributed by atoms with Gasteiger partial charge < -0.3 is 5.11 Å². The number of aromatic nitrogens is 2. The van der Waals surface area contributed by atoms with Crippen molar-refractivity contribution in [3.05, 3.63) is 23.0 Å². The molecular formula is C8H6ClF3N2O2. The number of alkyl halides is 3. The van der Waals surface area contributed by atoms with Crippen molar-refractivity contribution < 1.29 is 23.1 Å². The number of rotatable bonds is 2. The molecule has 1 aromatic heterocycles. The first-order chi connectivity index (χ1) is 7.16. The summed E-state index contributed by atoms with van der Waals surface area (Å²) < 4.78 is 38.2. The van der Waals surface area contributed by atoms with Gasteiger partial charge in [-0.1, -0.05) is 18.2 Å². The van der Waals surface area contributed by atoms with E-state index in [0.29, 0.717) is 0 Å². The Hall–Kier alpha value is -1.50. The van der Waals surface area contributed by atoms with Crippen molar-refractivity contribution in [2.45, 2.75) is 6.18 Å². The molecule has 1 aromatic rings. The van der Waals surface area contributed by atoms with E-state index in [1.165, 1.54) is 7.05 Å². The van der Waals surface area contributed by atoms with Crippen LogP contribution in [0, 0.1) is 0 Å². The molecule has 0 atom stereocenters. The Kier molecular flexibility index (Phi) is 3.00. The van der Waals surface area contributed by atoms with Gasteiger partial charge in [0.05, 0.1) is 11.1 Å². The van der Waals surface area contributed by atoms with Crippen molar-refractivity contribution in [2.75, 3.05) is 0 Å². The van der Waals surface area contributed by atoms with Crippen LogP contribution in [0.25, 0.3) is 5.57 Å². The Morgan fingerprint density at radius 1 is 1.56 bits per heavy atom. The molecule has 0 unspecified atom stereocenters. The van der Waals surface area contributed by atoms with E-state index < -0.39 is 34.1 Å². The largest absolute Gasteiger partial charge is 0.478 e. The van der Waals surface area contributed by atoms with E-state index in [0.717, 1.165) is 4.68 Å². The van der Waals surface area contributed by atoms with Crippen LogP contribution in [0.1, 0.15) is 11.3 Å². The maximum absolute atomic E-state index is 12.5. The van der Waals surface area contributed by atoms with Crippen molar-refractivity contribution in [2.24, 2.45) is 7.05 Å². The SMILES string of the molecule is C=C(C(=O)O)c1c(C(F)(F)F)nn(C)c1Cl. The number of hydrogen-bond donors (Lipinski definition) is 1. The molecule has 1 N–H and O–H groups in total. The smallest absolute Gasteiger partial charge is 0.435 e. The van der Waals surface area contributed by atoms with Gasteiger partial charge in [0.15, 0.2) is 5.69 Å². The van der Waals surface area contributed by atoms with Gasteiger partial charge in [0.25, 0.3) is 0 Å². The number of hydrogen-bond acceptors (Lipinski definition) is 2. The highest BCUT2D eigenvalue weighted by Gasteiger charge is 2.40. The molecule has 0 aromatic carbocycles. The van der Waals surface area contributed by atoms with Crippen molar-refractivity contribution in [1.29, 1.82) is 0 Å². The molecule has 0 saturated heterocycles. The topological polar surface area (TPSA) is 55.1 Å². The maximum atomic E-state index is 12.5. The fourth-order valence-electron chi connectivity index (χ4n) is 1.08. The summed E-state index contributed by atoms with van der Waals surface area (Å²) in [6.45, 7) is 3.04. The highest BCUT2D eigenvalue weighted by Crippen LogP contribution is 2.37. The molecule has 0 aliphatic rings. The van der Waals surface area contributed by atoms with E-state index in [4.69, 9.17) is 16.7 Å². The van der Waals surface area contributed by atoms with Crippen molar-refractivity contribution in [3.8, 4) is 0 Å². The average Bonchev–Trinajstić information content (AvgIpc) is 2.42. The molecule has 0 aliphatic carbocycles. The predicted octanol–water partition coefficient (Wildman–Crippen LogP) is 2.19. The number of nitrogens with zero attached hydrogens (tertiary/aromatic N) is 2. The molecule has 0 saturated carbocycles. The fourth-order valence-corrected chi connectivity index (χ4v) is 1.32. The molecule has 1 heterocycles. The molecule has 0 aliphatic heterocycles. The minimum Gasteiger partial charge on any atom is -0.478 e. The molecule has 0 bridgehead atoms. The molecule has 0 spiro atoms. The van der Waals surface area contributed by atoms with Crippen LogP contribution < -0.4 is 0 Å². The number of aliphatic carboxylic acids is 1. The number of carboxylic acids is 1. The van der Waals surface area contributed by atoms with Crippen LogP contribution in [0.4, 0.5) is 13.2 Å². The third-order valence-electron chi connectivity index (χ3n) is 1.81. The first-order valence-electron chi connectivity index (χ1n) is 3.88. The minimum atomic E-state index is -4.78. The van der Waals surface area contributed by atoms with Gasteiger partial charge in [-0.05, 0) is 0 Å². The standard InChI is InChI=1S/C8H6ClF3N2O2/c1-3(7(15)16)4-5(8(10,11)12)13-14(2)6(4)9/h1H2,2H3,(H,15,16). The predicted molar refractivity (Wildman–Crippen MR) is 49.9 cm³/mol. The van der Waals surface area contributed by atoms with Crippen LogP contribution in [0.3, 0.4) is 0 Å². The van der Waals surface area contributed by atoms with Crippen molar-refractivity contribution in [3.63, 3.8) is 0 Å². The molecular weight excluding hydrogens is 249 g/mol. The molecule has 4 nitrogen and oxygen atoms in total. The summed E-state index contributed by atoms with van der Waals surface area (Å²) in [7, 11) is 1.18. The van der Waals surface area contributed by atoms with Gasteiger partial charge >= 0.3 is 12.1 Å². The minimum absolute atomic E-state index is 0.417. The Labute approximate surface area is 92.9 Å². The summed E-state index contributed by atoms with van der Waals surface area (Å²) in [5.74, 6) is -1.58. The van der Waals surface area contributed by atoms with Crippen LogP contribution in [0.15, 0.2) is 6.58 Å². The third-order valence-corrected chi connectivity index (χ3v) is 2.24. The number of carboxylic acid groups (broad SMARTS) is 1. The Morgan fingerprint density at radius 2 is 2.06 bits per heavy atom. The van der Waals surface area contributed by atoms with E-state index in [1.54, 1.807) is 0 Å². The zero-order valence-electron chi connectivity index (χ0n) is 7.97. The molecule has 0 fully saturated rings. The first-order valence-corrected chi connectivity index (χ1v) is 4.26. The van der Waals surface area contributed by atoms with Crippen LogP contribution in [-0.2, 0) is 18.0 Å². The van der Waals surface area contributed by atoms with Crippen molar-refractivity contribution in [1.82, 2.24) is 9.78 Å². The first kappa shape index (κ1) is 12.6. The number of carbonyl (C=O) groups is 1. The summed E-state index contributed by atoms with van der Waals surface area (Å²) in [6.07, 6.45) is -4.78. The van der Waals surface area contributed by atoms with Crippen LogP contribution in [0.5, 0.6) is 0 Å². The normalized spacial score (nSPS) is 11.6. The highest BCUT2D eigenvalue weighted by molar-refractivity contribution is 6.33. The molecule has 16 heavy (non-hydrogen) atoms. The summed E-state index contributed by atoms with van der Waals surface area (Å²) in [5.41, 5.74) is -2.80. The van der Waals surface area contributed by atoms with Gasteiger partial charge in [-0.2, -0.15) is 18.3 Å². The van der Waals surface area contributed by atoms with Crippen LogP contribution in [-0.4, -0.2) is 20.9 Å². The lowest BCUT2D eigenvalue weighted by Crippen LogP contribution is -2.11. The van der Waals surface area contributed by atoms with Gasteiger partial charge in [-0.3, -0.25) is 4.68 Å². The third kappa shape index (κ3) is 2.04. The summed E-state index contributed by atoms with van der Waals surface area (Å²) in [5, 5.41) is 11.3. The van der Waals surface area contributed by atoms with Gasteiger partial charge in [0.1, 0.15) is 5.15 Å². The van der Waals surface area contributed by atoms with Crippen LogP contribution in [0.2, 0.25) is 5.15 Å². The lowest BCUT2D eigenvalue weighted by molar-refractivity contribution is -0.141. The molecule has 8 heteroatoms. The van der Waals surface area contributed by atoms with E-state index in [9.17, 15) is 18.0 Å². The number of halogens is 4. The van der Waals surface area contributed by atoms with Gasteiger partial charge in [0, 0.05) is 7.05 Å². The van der Waals surface area contributed by atoms with Crippen LogP contribution >= 0.6 is 11.6 Å². The van der Waals surface area contributed by atoms with Gasteiger partial charge in [0.2, 0.25) is 0 Å². The van der Waals surface area contributed by atoms with E-state index in [-0.39, 0.29) is 0 Å². The maximum Gasteiger partial charge on any atom is 0.435 e. The zero-order chi connectivity index (χ0) is 12.7. The van der Waals surface area contributed by atoms with Crippen molar-refractivity contribution >= 4 is 23.1 Å². The second-order valence-electron chi connectivity index (χ2n) is 2.92. The molecule has 0 radical (unpaired) electrons. The van der Waals surface area contributed by atoms with E-state index >= 15 is 0 Å². The quantitative estimate of drug-likeness (QED) is 0.823. The Bertz CT molecular complexity index is 465. The lowest BCUT2D eigenvalue weighted by atomic mass is 10.1. The summed E-state index contributed by atoms with van der Waals surface area (Å²) in [6, 6.07) is 0. The Balaban J connectivity index is 3.48. The fraction of sp³-hybridized carbons (Fsp3) is 0.250. The Morgan fingerprint density at radius 3 is 2.44 bits per heavy atom. The monoisotopic (exact) mass is 254 g/mol. The van der Waals surface area contributed by atoms with Gasteiger partial charge in [-0.15, -0.1) is 0 Å². The molecule has 1 rings (SSSR count).